The Balaban J connectivity index is 3.00. The molecule has 0 saturated carbocycles. The summed E-state index contributed by atoms with van der Waals surface area (Å²) < 4.78 is 12.8. The molecule has 0 aliphatic heterocycles. The molecule has 74 valence electrons. The van der Waals surface area contributed by atoms with Crippen LogP contribution in [-0.4, -0.2) is 11.5 Å². The number of carbonyl (C=O) groups is 1. The van der Waals surface area contributed by atoms with E-state index in [1.54, 1.807) is 12.1 Å². The van der Waals surface area contributed by atoms with Gasteiger partial charge in [0, 0.05) is 6.92 Å². The number of benzene rings is 1. The number of hydrogen-bond acceptors (Lipinski definition) is 2. The lowest BCUT2D eigenvalue weighted by Crippen LogP contribution is -2.07. The Hall–Kier alpha value is -1.51. The van der Waals surface area contributed by atoms with Crippen LogP contribution in [0.15, 0.2) is 29.3 Å². The average molecular weight is 193 g/mol. The fraction of sp³-hybridized carbons (Fsp3) is 0.273. The lowest BCUT2D eigenvalue weighted by atomic mass is 10.2. The van der Waals surface area contributed by atoms with E-state index in [-0.39, 0.29) is 11.6 Å². The molecule has 0 unspecified atom stereocenters. The third kappa shape index (κ3) is 2.76. The molecule has 1 aromatic rings. The Morgan fingerprint density at radius 2 is 2.21 bits per heavy atom. The van der Waals surface area contributed by atoms with Crippen LogP contribution in [-0.2, 0) is 4.79 Å². The molecule has 0 bridgehead atoms. The number of Topliss-reactive ketones (excluding diaryl/α,β-unsaturated/α-hetero) is 1. The van der Waals surface area contributed by atoms with Crippen molar-refractivity contribution in [3.8, 4) is 0 Å². The Bertz CT molecular complexity index is 371. The van der Waals surface area contributed by atoms with Crippen molar-refractivity contribution in [3.63, 3.8) is 0 Å². The molecule has 0 amide bonds. The zero-order valence-corrected chi connectivity index (χ0v) is 8.25. The highest BCUT2D eigenvalue weighted by Gasteiger charge is 2.02. The lowest BCUT2D eigenvalue weighted by molar-refractivity contribution is -0.111. The zero-order valence-electron chi connectivity index (χ0n) is 8.25. The van der Waals surface area contributed by atoms with Crippen LogP contribution in [0.2, 0.25) is 0 Å². The van der Waals surface area contributed by atoms with Crippen LogP contribution in [0.25, 0.3) is 0 Å². The van der Waals surface area contributed by atoms with E-state index >= 15 is 0 Å². The Morgan fingerprint density at radius 1 is 1.50 bits per heavy atom. The molecule has 0 heterocycles. The van der Waals surface area contributed by atoms with Gasteiger partial charge in [0.25, 0.3) is 0 Å². The second-order valence-corrected chi connectivity index (χ2v) is 2.95. The summed E-state index contributed by atoms with van der Waals surface area (Å²) in [5.74, 6) is -0.415. The van der Waals surface area contributed by atoms with Gasteiger partial charge in [0.05, 0.1) is 11.4 Å². The minimum absolute atomic E-state index is 0.0724. The van der Waals surface area contributed by atoms with Gasteiger partial charge in [-0.2, -0.15) is 0 Å². The number of hydrogen-bond donors (Lipinski definition) is 0. The number of halogens is 1. The van der Waals surface area contributed by atoms with Crippen molar-refractivity contribution in [2.24, 2.45) is 4.99 Å². The summed E-state index contributed by atoms with van der Waals surface area (Å²) >= 11 is 0. The van der Waals surface area contributed by atoms with Crippen molar-refractivity contribution in [1.82, 2.24) is 0 Å². The molecule has 0 fully saturated rings. The normalized spacial score (nSPS) is 11.5. The first-order chi connectivity index (χ1) is 6.63. The first-order valence-corrected chi connectivity index (χ1v) is 4.47. The maximum absolute atomic E-state index is 12.8. The predicted octanol–water partition coefficient (Wildman–Crippen LogP) is 2.90. The van der Waals surface area contributed by atoms with E-state index in [1.165, 1.54) is 19.1 Å². The van der Waals surface area contributed by atoms with Gasteiger partial charge in [0.15, 0.2) is 5.78 Å². The minimum atomic E-state index is -0.342. The molecule has 0 spiro atoms. The van der Waals surface area contributed by atoms with E-state index in [2.05, 4.69) is 4.99 Å². The first-order valence-electron chi connectivity index (χ1n) is 4.47. The molecule has 0 aliphatic rings. The number of rotatable bonds is 3. The summed E-state index contributed by atoms with van der Waals surface area (Å²) in [7, 11) is 0. The summed E-state index contributed by atoms with van der Waals surface area (Å²) in [4.78, 5) is 15.1. The third-order valence-electron chi connectivity index (χ3n) is 1.81. The maximum Gasteiger partial charge on any atom is 0.173 e. The molecule has 0 saturated heterocycles. The van der Waals surface area contributed by atoms with Crippen LogP contribution >= 0.6 is 0 Å². The van der Waals surface area contributed by atoms with Gasteiger partial charge >= 0.3 is 0 Å². The Labute approximate surface area is 82.5 Å². The summed E-state index contributed by atoms with van der Waals surface area (Å²) in [6, 6.07) is 5.89. The molecule has 14 heavy (non-hydrogen) atoms. The van der Waals surface area contributed by atoms with Crippen molar-refractivity contribution in [2.75, 3.05) is 0 Å². The highest BCUT2D eigenvalue weighted by Crippen LogP contribution is 2.13. The Morgan fingerprint density at radius 3 is 2.71 bits per heavy atom. The summed E-state index contributed by atoms with van der Waals surface area (Å²) in [6.07, 6.45) is 0.561. The molecule has 3 heteroatoms. The summed E-state index contributed by atoms with van der Waals surface area (Å²) in [6.45, 7) is 3.31. The smallest absolute Gasteiger partial charge is 0.173 e. The molecule has 1 rings (SSSR count). The van der Waals surface area contributed by atoms with Gasteiger partial charge in [-0.3, -0.25) is 4.79 Å². The van der Waals surface area contributed by atoms with E-state index < -0.39 is 0 Å². The molecule has 0 aliphatic carbocycles. The standard InChI is InChI=1S/C11H12FNO/c1-3-11(8(2)14)13-10-6-4-5-9(12)7-10/h4-7H,3H2,1-2H3. The highest BCUT2D eigenvalue weighted by molar-refractivity contribution is 6.39. The van der Waals surface area contributed by atoms with Gasteiger partial charge in [-0.25, -0.2) is 9.38 Å². The summed E-state index contributed by atoms with van der Waals surface area (Å²) in [5, 5.41) is 0. The molecule has 0 radical (unpaired) electrons. The maximum atomic E-state index is 12.8. The second kappa shape index (κ2) is 4.65. The molecular weight excluding hydrogens is 181 g/mol. The number of aliphatic imine (C=N–C) groups is 1. The lowest BCUT2D eigenvalue weighted by Gasteiger charge is -1.98. The van der Waals surface area contributed by atoms with E-state index in [1.807, 2.05) is 6.92 Å². The van der Waals surface area contributed by atoms with Gasteiger partial charge in [-0.15, -0.1) is 0 Å². The number of nitrogens with zero attached hydrogens (tertiary/aromatic N) is 1. The van der Waals surface area contributed by atoms with Crippen LogP contribution in [0.1, 0.15) is 20.3 Å². The van der Waals surface area contributed by atoms with Crippen LogP contribution in [0.5, 0.6) is 0 Å². The van der Waals surface area contributed by atoms with Crippen molar-refractivity contribution in [1.29, 1.82) is 0 Å². The highest BCUT2D eigenvalue weighted by atomic mass is 19.1. The van der Waals surface area contributed by atoms with Crippen molar-refractivity contribution in [3.05, 3.63) is 30.1 Å². The van der Waals surface area contributed by atoms with E-state index in [4.69, 9.17) is 0 Å². The van der Waals surface area contributed by atoms with Crippen molar-refractivity contribution >= 4 is 17.2 Å². The first kappa shape index (κ1) is 10.6. The monoisotopic (exact) mass is 193 g/mol. The minimum Gasteiger partial charge on any atom is -0.293 e. The van der Waals surface area contributed by atoms with E-state index in [0.717, 1.165) is 0 Å². The van der Waals surface area contributed by atoms with Crippen LogP contribution < -0.4 is 0 Å². The Kier molecular flexibility index (Phi) is 3.51. The molecule has 0 aromatic heterocycles. The fourth-order valence-electron chi connectivity index (χ4n) is 1.11. The SMILES string of the molecule is CCC(=Nc1cccc(F)c1)C(C)=O. The van der Waals surface area contributed by atoms with Crippen LogP contribution in [0.3, 0.4) is 0 Å². The van der Waals surface area contributed by atoms with Crippen LogP contribution in [0, 0.1) is 5.82 Å². The van der Waals surface area contributed by atoms with Gasteiger partial charge in [0.2, 0.25) is 0 Å². The molecule has 1 aromatic carbocycles. The van der Waals surface area contributed by atoms with Crippen LogP contribution in [0.4, 0.5) is 10.1 Å². The van der Waals surface area contributed by atoms with Crippen molar-refractivity contribution < 1.29 is 9.18 Å². The molecular formula is C11H12FNO. The third-order valence-corrected chi connectivity index (χ3v) is 1.81. The largest absolute Gasteiger partial charge is 0.293 e. The second-order valence-electron chi connectivity index (χ2n) is 2.95. The van der Waals surface area contributed by atoms with E-state index in [0.29, 0.717) is 17.8 Å². The molecule has 0 N–H and O–H groups in total. The van der Waals surface area contributed by atoms with Gasteiger partial charge in [-0.1, -0.05) is 13.0 Å². The van der Waals surface area contributed by atoms with Gasteiger partial charge in [-0.05, 0) is 24.6 Å². The molecule has 0 atom stereocenters. The van der Waals surface area contributed by atoms with Crippen molar-refractivity contribution in [2.45, 2.75) is 20.3 Å². The quantitative estimate of drug-likeness (QED) is 0.678. The van der Waals surface area contributed by atoms with Gasteiger partial charge < -0.3 is 0 Å². The number of carbonyl (C=O) groups excluding carboxylic acids is 1. The molecule has 2 nitrogen and oxygen atoms in total. The predicted molar refractivity (Wildman–Crippen MR) is 54.5 cm³/mol. The fourth-order valence-corrected chi connectivity index (χ4v) is 1.11. The summed E-state index contributed by atoms with van der Waals surface area (Å²) in [5.41, 5.74) is 0.952. The number of ketones is 1. The van der Waals surface area contributed by atoms with E-state index in [9.17, 15) is 9.18 Å². The topological polar surface area (TPSA) is 29.4 Å². The zero-order chi connectivity index (χ0) is 10.6. The average Bonchev–Trinajstić information content (AvgIpc) is 2.14. The van der Waals surface area contributed by atoms with Gasteiger partial charge in [0.1, 0.15) is 5.82 Å².